The van der Waals surface area contributed by atoms with Gasteiger partial charge in [0.15, 0.2) is 0 Å². The van der Waals surface area contributed by atoms with Gasteiger partial charge in [0.2, 0.25) is 0 Å². The van der Waals surface area contributed by atoms with Gasteiger partial charge in [0.1, 0.15) is 0 Å². The van der Waals surface area contributed by atoms with E-state index in [1.54, 1.807) is 0 Å². The van der Waals surface area contributed by atoms with Crippen LogP contribution in [-0.2, 0) is 6.54 Å². The molecule has 4 nitrogen and oxygen atoms in total. The van der Waals surface area contributed by atoms with Crippen molar-refractivity contribution in [3.63, 3.8) is 0 Å². The van der Waals surface area contributed by atoms with Crippen molar-refractivity contribution in [2.75, 3.05) is 14.1 Å². The first-order chi connectivity index (χ1) is 7.55. The maximum absolute atomic E-state index is 5.94. The molecule has 0 unspecified atom stereocenters. The first kappa shape index (κ1) is 11.6. The Morgan fingerprint density at radius 1 is 1.56 bits per heavy atom. The summed E-state index contributed by atoms with van der Waals surface area (Å²) in [5.41, 5.74) is 7.40. The first-order valence-corrected chi connectivity index (χ1v) is 5.98. The minimum absolute atomic E-state index is 0.0572. The van der Waals surface area contributed by atoms with Crippen LogP contribution in [0.15, 0.2) is 12.5 Å². The molecular formula is C12H22N4. The Morgan fingerprint density at radius 3 is 2.69 bits per heavy atom. The smallest absolute Gasteiger partial charge is 0.0949 e. The number of aromatic nitrogens is 2. The van der Waals surface area contributed by atoms with E-state index in [1.165, 1.54) is 19.3 Å². The van der Waals surface area contributed by atoms with Crippen LogP contribution in [0.3, 0.4) is 0 Å². The summed E-state index contributed by atoms with van der Waals surface area (Å²) in [7, 11) is 4.34. The van der Waals surface area contributed by atoms with Gasteiger partial charge in [0.25, 0.3) is 0 Å². The van der Waals surface area contributed by atoms with Gasteiger partial charge in [0.05, 0.1) is 12.0 Å². The van der Waals surface area contributed by atoms with Crippen molar-refractivity contribution < 1.29 is 0 Å². The van der Waals surface area contributed by atoms with E-state index in [9.17, 15) is 0 Å². The summed E-state index contributed by atoms with van der Waals surface area (Å²) in [6.07, 6.45) is 7.67. The minimum Gasteiger partial charge on any atom is -0.331 e. The second-order valence-electron chi connectivity index (χ2n) is 5.21. The van der Waals surface area contributed by atoms with E-state index in [4.69, 9.17) is 5.73 Å². The Bertz CT molecular complexity index is 350. The van der Waals surface area contributed by atoms with Gasteiger partial charge in [-0.3, -0.25) is 0 Å². The molecule has 0 radical (unpaired) electrons. The monoisotopic (exact) mass is 222 g/mol. The number of imidazole rings is 1. The molecule has 1 fully saturated rings. The summed E-state index contributed by atoms with van der Waals surface area (Å²) in [4.78, 5) is 6.56. The minimum atomic E-state index is 0.0572. The highest BCUT2D eigenvalue weighted by atomic mass is 15.2. The van der Waals surface area contributed by atoms with E-state index in [0.717, 1.165) is 12.2 Å². The highest BCUT2D eigenvalue weighted by Gasteiger charge is 2.39. The Hall–Kier alpha value is -0.870. The molecule has 16 heavy (non-hydrogen) atoms. The SMILES string of the molecule is C[C@@H](N)c1cncn1CC1(N(C)C)CCC1. The fraction of sp³-hybridized carbons (Fsp3) is 0.750. The van der Waals surface area contributed by atoms with Crippen molar-refractivity contribution in [3.05, 3.63) is 18.2 Å². The van der Waals surface area contributed by atoms with Crippen molar-refractivity contribution >= 4 is 0 Å². The summed E-state index contributed by atoms with van der Waals surface area (Å²) >= 11 is 0. The molecule has 1 aliphatic carbocycles. The molecule has 0 aromatic carbocycles. The average molecular weight is 222 g/mol. The van der Waals surface area contributed by atoms with Gasteiger partial charge in [-0.2, -0.15) is 0 Å². The number of hydrogen-bond acceptors (Lipinski definition) is 3. The van der Waals surface area contributed by atoms with Gasteiger partial charge in [-0.05, 0) is 40.3 Å². The third kappa shape index (κ3) is 1.87. The molecule has 1 atom stereocenters. The van der Waals surface area contributed by atoms with Crippen molar-refractivity contribution in [2.45, 2.75) is 44.3 Å². The molecule has 0 spiro atoms. The van der Waals surface area contributed by atoms with Gasteiger partial charge in [-0.1, -0.05) is 0 Å². The van der Waals surface area contributed by atoms with Crippen molar-refractivity contribution in [1.82, 2.24) is 14.5 Å². The molecule has 1 heterocycles. The second kappa shape index (κ2) is 4.18. The van der Waals surface area contributed by atoms with E-state index < -0.39 is 0 Å². The Morgan fingerprint density at radius 2 is 2.25 bits per heavy atom. The van der Waals surface area contributed by atoms with Crippen LogP contribution in [0.5, 0.6) is 0 Å². The van der Waals surface area contributed by atoms with Crippen molar-refractivity contribution in [2.24, 2.45) is 5.73 Å². The number of nitrogens with zero attached hydrogens (tertiary/aromatic N) is 3. The number of likely N-dealkylation sites (N-methyl/N-ethyl adjacent to an activating group) is 1. The number of rotatable bonds is 4. The van der Waals surface area contributed by atoms with Crippen LogP contribution >= 0.6 is 0 Å². The van der Waals surface area contributed by atoms with Crippen molar-refractivity contribution in [1.29, 1.82) is 0 Å². The molecule has 2 N–H and O–H groups in total. The fourth-order valence-electron chi connectivity index (χ4n) is 2.49. The van der Waals surface area contributed by atoms with Crippen LogP contribution in [0.4, 0.5) is 0 Å². The van der Waals surface area contributed by atoms with E-state index in [1.807, 2.05) is 19.4 Å². The third-order valence-electron chi connectivity index (χ3n) is 3.91. The van der Waals surface area contributed by atoms with E-state index >= 15 is 0 Å². The summed E-state index contributed by atoms with van der Waals surface area (Å²) in [6, 6.07) is 0.0572. The summed E-state index contributed by atoms with van der Waals surface area (Å²) < 4.78 is 2.21. The summed E-state index contributed by atoms with van der Waals surface area (Å²) in [5, 5.41) is 0. The predicted octanol–water partition coefficient (Wildman–Crippen LogP) is 1.39. The fourth-order valence-corrected chi connectivity index (χ4v) is 2.49. The lowest BCUT2D eigenvalue weighted by Gasteiger charge is -2.47. The van der Waals surface area contributed by atoms with Crippen LogP contribution in [0, 0.1) is 0 Å². The highest BCUT2D eigenvalue weighted by molar-refractivity contribution is 5.06. The number of hydrogen-bond donors (Lipinski definition) is 1. The van der Waals surface area contributed by atoms with E-state index in [0.29, 0.717) is 5.54 Å². The van der Waals surface area contributed by atoms with Gasteiger partial charge in [-0.25, -0.2) is 4.98 Å². The molecule has 2 rings (SSSR count). The van der Waals surface area contributed by atoms with Crippen LogP contribution in [0.1, 0.15) is 37.9 Å². The molecule has 0 bridgehead atoms. The molecule has 1 aromatic rings. The summed E-state index contributed by atoms with van der Waals surface area (Å²) in [5.74, 6) is 0. The standard InChI is InChI=1S/C12H22N4/c1-10(13)11-7-14-9-16(11)8-12(15(2)3)5-4-6-12/h7,9-10H,4-6,8,13H2,1-3H3/t10-/m1/s1. The van der Waals surface area contributed by atoms with Gasteiger partial charge in [0, 0.05) is 24.3 Å². The zero-order chi connectivity index (χ0) is 11.8. The molecule has 4 heteroatoms. The molecular weight excluding hydrogens is 200 g/mol. The quantitative estimate of drug-likeness (QED) is 0.837. The predicted molar refractivity (Wildman–Crippen MR) is 65.1 cm³/mol. The normalized spacial score (nSPS) is 20.8. The van der Waals surface area contributed by atoms with Gasteiger partial charge in [-0.15, -0.1) is 0 Å². The van der Waals surface area contributed by atoms with Crippen molar-refractivity contribution in [3.8, 4) is 0 Å². The maximum atomic E-state index is 5.94. The van der Waals surface area contributed by atoms with Gasteiger partial charge >= 0.3 is 0 Å². The Kier molecular flexibility index (Phi) is 3.04. The molecule has 0 aliphatic heterocycles. The van der Waals surface area contributed by atoms with Crippen LogP contribution in [0.25, 0.3) is 0 Å². The molecule has 1 aliphatic rings. The maximum Gasteiger partial charge on any atom is 0.0949 e. The van der Waals surface area contributed by atoms with E-state index in [-0.39, 0.29) is 6.04 Å². The molecule has 0 amide bonds. The Labute approximate surface area is 97.4 Å². The highest BCUT2D eigenvalue weighted by Crippen LogP contribution is 2.38. The molecule has 90 valence electrons. The lowest BCUT2D eigenvalue weighted by molar-refractivity contribution is 0.0414. The third-order valence-corrected chi connectivity index (χ3v) is 3.91. The largest absolute Gasteiger partial charge is 0.331 e. The lowest BCUT2D eigenvalue weighted by atomic mass is 9.75. The van der Waals surface area contributed by atoms with E-state index in [2.05, 4.69) is 28.5 Å². The average Bonchev–Trinajstić information content (AvgIpc) is 2.58. The molecule has 1 saturated carbocycles. The van der Waals surface area contributed by atoms with Crippen LogP contribution in [-0.4, -0.2) is 34.1 Å². The first-order valence-electron chi connectivity index (χ1n) is 5.98. The summed E-state index contributed by atoms with van der Waals surface area (Å²) in [6.45, 7) is 3.02. The zero-order valence-electron chi connectivity index (χ0n) is 10.5. The zero-order valence-corrected chi connectivity index (χ0v) is 10.5. The topological polar surface area (TPSA) is 47.1 Å². The molecule has 1 aromatic heterocycles. The second-order valence-corrected chi connectivity index (χ2v) is 5.21. The van der Waals surface area contributed by atoms with Crippen LogP contribution in [0.2, 0.25) is 0 Å². The number of nitrogens with two attached hydrogens (primary N) is 1. The lowest BCUT2D eigenvalue weighted by Crippen LogP contribution is -2.53. The van der Waals surface area contributed by atoms with Crippen LogP contribution < -0.4 is 5.73 Å². The Balaban J connectivity index is 2.16. The van der Waals surface area contributed by atoms with Gasteiger partial charge < -0.3 is 15.2 Å². The molecule has 0 saturated heterocycles.